The summed E-state index contributed by atoms with van der Waals surface area (Å²) < 4.78 is 0. The van der Waals surface area contributed by atoms with Gasteiger partial charge < -0.3 is 10.4 Å². The van der Waals surface area contributed by atoms with Crippen LogP contribution >= 0.6 is 0 Å². The van der Waals surface area contributed by atoms with Gasteiger partial charge in [-0.15, -0.1) is 0 Å². The van der Waals surface area contributed by atoms with Gasteiger partial charge in [-0.3, -0.25) is 9.59 Å². The smallest absolute Gasteiger partial charge is 0.258 e. The lowest BCUT2D eigenvalue weighted by atomic mass is 10.2. The Kier molecular flexibility index (Phi) is 1.45. The van der Waals surface area contributed by atoms with E-state index in [4.69, 9.17) is 5.11 Å². The Balaban J connectivity index is 2.99. The minimum absolute atomic E-state index is 0.0771. The second-order valence-electron chi connectivity index (χ2n) is 2.06. The number of aliphatic hydroxyl groups excluding tert-OH is 1. The van der Waals surface area contributed by atoms with E-state index in [1.54, 1.807) is 0 Å². The summed E-state index contributed by atoms with van der Waals surface area (Å²) in [4.78, 5) is 21.3. The maximum Gasteiger partial charge on any atom is 0.258 e. The number of Topliss-reactive ketones (excluding diaryl/α,β-unsaturated/α-hetero) is 1. The van der Waals surface area contributed by atoms with Crippen molar-refractivity contribution < 1.29 is 14.7 Å². The van der Waals surface area contributed by atoms with E-state index in [1.165, 1.54) is 6.92 Å². The van der Waals surface area contributed by atoms with Gasteiger partial charge in [0.2, 0.25) is 0 Å². The first-order valence-electron chi connectivity index (χ1n) is 2.84. The number of nitrogens with one attached hydrogen (secondary N) is 1. The van der Waals surface area contributed by atoms with Crippen molar-refractivity contribution in [2.45, 2.75) is 6.92 Å². The summed E-state index contributed by atoms with van der Waals surface area (Å²) in [5, 5.41) is 11.2. The first-order valence-corrected chi connectivity index (χ1v) is 2.84. The van der Waals surface area contributed by atoms with E-state index >= 15 is 0 Å². The van der Waals surface area contributed by atoms with Crippen molar-refractivity contribution in [2.75, 3.05) is 6.54 Å². The van der Waals surface area contributed by atoms with Gasteiger partial charge in [0.15, 0.2) is 5.78 Å². The normalized spacial score (nSPS) is 17.5. The van der Waals surface area contributed by atoms with Crippen molar-refractivity contribution in [3.8, 4) is 0 Å². The fraction of sp³-hybridized carbons (Fsp3) is 0.333. The minimum atomic E-state index is -0.481. The fourth-order valence-electron chi connectivity index (χ4n) is 0.835. The number of aliphatic hydroxyl groups is 1. The first kappa shape index (κ1) is 6.80. The number of hydrogen-bond donors (Lipinski definition) is 2. The second-order valence-corrected chi connectivity index (χ2v) is 2.06. The minimum Gasteiger partial charge on any atom is -0.509 e. The molecular weight excluding hydrogens is 134 g/mol. The molecule has 0 bridgehead atoms. The molecule has 0 saturated heterocycles. The summed E-state index contributed by atoms with van der Waals surface area (Å²) in [5.74, 6) is -1.03. The molecule has 1 heterocycles. The predicted molar refractivity (Wildman–Crippen MR) is 33.3 cm³/mol. The van der Waals surface area contributed by atoms with Gasteiger partial charge in [0.1, 0.15) is 11.3 Å². The van der Waals surface area contributed by atoms with E-state index in [2.05, 4.69) is 5.32 Å². The quantitative estimate of drug-likeness (QED) is 0.484. The van der Waals surface area contributed by atoms with E-state index in [9.17, 15) is 9.59 Å². The summed E-state index contributed by atoms with van der Waals surface area (Å²) in [5.41, 5.74) is -0.111. The fourth-order valence-corrected chi connectivity index (χ4v) is 0.835. The van der Waals surface area contributed by atoms with Crippen LogP contribution in [0.3, 0.4) is 0 Å². The van der Waals surface area contributed by atoms with Gasteiger partial charge in [-0.25, -0.2) is 0 Å². The Bertz CT molecular complexity index is 229. The molecule has 0 aliphatic carbocycles. The highest BCUT2D eigenvalue weighted by Gasteiger charge is 2.25. The highest BCUT2D eigenvalue weighted by Crippen LogP contribution is 2.08. The monoisotopic (exact) mass is 141 g/mol. The summed E-state index contributed by atoms with van der Waals surface area (Å²) in [6, 6.07) is 0. The molecule has 1 amide bonds. The zero-order valence-corrected chi connectivity index (χ0v) is 5.47. The molecular formula is C6H7NO3. The van der Waals surface area contributed by atoms with Crippen LogP contribution in [0.5, 0.6) is 0 Å². The molecule has 0 fully saturated rings. The number of carbonyl (C=O) groups is 2. The van der Waals surface area contributed by atoms with Crippen LogP contribution in [-0.4, -0.2) is 23.3 Å². The summed E-state index contributed by atoms with van der Waals surface area (Å²) >= 11 is 0. The number of ketones is 1. The maximum absolute atomic E-state index is 10.7. The molecule has 4 heteroatoms. The van der Waals surface area contributed by atoms with Gasteiger partial charge in [0.05, 0.1) is 6.54 Å². The average molecular weight is 141 g/mol. The van der Waals surface area contributed by atoms with Crippen LogP contribution in [0.1, 0.15) is 6.92 Å². The van der Waals surface area contributed by atoms with Crippen molar-refractivity contribution in [3.05, 3.63) is 11.3 Å². The molecule has 0 atom stereocenters. The molecule has 0 aromatic rings. The lowest BCUT2D eigenvalue weighted by Gasteiger charge is -1.90. The topological polar surface area (TPSA) is 66.4 Å². The Labute approximate surface area is 57.5 Å². The molecule has 10 heavy (non-hydrogen) atoms. The van der Waals surface area contributed by atoms with Gasteiger partial charge in [0, 0.05) is 0 Å². The second kappa shape index (κ2) is 2.13. The summed E-state index contributed by atoms with van der Waals surface area (Å²) in [6.45, 7) is 1.32. The van der Waals surface area contributed by atoms with E-state index in [0.29, 0.717) is 0 Å². The third kappa shape index (κ3) is 0.877. The van der Waals surface area contributed by atoms with Crippen molar-refractivity contribution in [1.29, 1.82) is 0 Å². The lowest BCUT2D eigenvalue weighted by molar-refractivity contribution is -0.120. The molecule has 0 aromatic heterocycles. The number of rotatable bonds is 1. The van der Waals surface area contributed by atoms with Crippen LogP contribution in [0.4, 0.5) is 0 Å². The molecule has 0 unspecified atom stereocenters. The van der Waals surface area contributed by atoms with E-state index in [-0.39, 0.29) is 17.9 Å². The Hall–Kier alpha value is -1.32. The molecule has 1 aliphatic heterocycles. The van der Waals surface area contributed by atoms with Crippen molar-refractivity contribution >= 4 is 11.7 Å². The highest BCUT2D eigenvalue weighted by molar-refractivity contribution is 6.20. The predicted octanol–water partition coefficient (Wildman–Crippen LogP) is -0.483. The van der Waals surface area contributed by atoms with Crippen LogP contribution in [0, 0.1) is 0 Å². The Morgan fingerprint density at radius 2 is 2.30 bits per heavy atom. The molecule has 1 rings (SSSR count). The van der Waals surface area contributed by atoms with Gasteiger partial charge in [-0.1, -0.05) is 0 Å². The summed E-state index contributed by atoms with van der Waals surface area (Å²) in [6.07, 6.45) is 0. The van der Waals surface area contributed by atoms with Crippen LogP contribution in [0.25, 0.3) is 0 Å². The lowest BCUT2D eigenvalue weighted by Crippen LogP contribution is -2.19. The van der Waals surface area contributed by atoms with Crippen LogP contribution < -0.4 is 5.32 Å². The molecule has 0 radical (unpaired) electrons. The van der Waals surface area contributed by atoms with Gasteiger partial charge in [0.25, 0.3) is 5.91 Å². The SMILES string of the molecule is CC(=O)C1=C(O)CNC1=O. The maximum atomic E-state index is 10.7. The molecule has 54 valence electrons. The number of amides is 1. The average Bonchev–Trinajstić information content (AvgIpc) is 2.11. The van der Waals surface area contributed by atoms with Crippen LogP contribution in [0.2, 0.25) is 0 Å². The Morgan fingerprint density at radius 1 is 1.70 bits per heavy atom. The van der Waals surface area contributed by atoms with E-state index in [1.807, 2.05) is 0 Å². The zero-order valence-electron chi connectivity index (χ0n) is 5.47. The molecule has 2 N–H and O–H groups in total. The highest BCUT2D eigenvalue weighted by atomic mass is 16.3. The molecule has 4 nitrogen and oxygen atoms in total. The molecule has 0 spiro atoms. The van der Waals surface area contributed by atoms with Crippen molar-refractivity contribution in [2.24, 2.45) is 0 Å². The zero-order chi connectivity index (χ0) is 7.72. The number of carbonyl (C=O) groups excluding carboxylic acids is 2. The Morgan fingerprint density at radius 3 is 2.50 bits per heavy atom. The number of hydrogen-bond acceptors (Lipinski definition) is 3. The van der Waals surface area contributed by atoms with Gasteiger partial charge in [-0.05, 0) is 6.92 Å². The van der Waals surface area contributed by atoms with Gasteiger partial charge in [-0.2, -0.15) is 0 Å². The standard InChI is InChI=1S/C6H7NO3/c1-3(8)5-4(9)2-7-6(5)10/h9H,2H2,1H3,(H,7,10). The molecule has 1 aliphatic rings. The van der Waals surface area contributed by atoms with Crippen molar-refractivity contribution in [3.63, 3.8) is 0 Å². The van der Waals surface area contributed by atoms with E-state index in [0.717, 1.165) is 0 Å². The largest absolute Gasteiger partial charge is 0.509 e. The molecule has 0 aromatic carbocycles. The summed E-state index contributed by atoms with van der Waals surface area (Å²) in [7, 11) is 0. The molecule has 0 saturated carbocycles. The van der Waals surface area contributed by atoms with Crippen LogP contribution in [-0.2, 0) is 9.59 Å². The van der Waals surface area contributed by atoms with Crippen LogP contribution in [0.15, 0.2) is 11.3 Å². The van der Waals surface area contributed by atoms with E-state index < -0.39 is 11.7 Å². The van der Waals surface area contributed by atoms with Gasteiger partial charge >= 0.3 is 0 Å². The third-order valence-corrected chi connectivity index (χ3v) is 1.28. The first-order chi connectivity index (χ1) is 4.63. The third-order valence-electron chi connectivity index (χ3n) is 1.28. The van der Waals surface area contributed by atoms with Crippen molar-refractivity contribution in [1.82, 2.24) is 5.32 Å².